The zero-order valence-electron chi connectivity index (χ0n) is 23.5. The van der Waals surface area contributed by atoms with Gasteiger partial charge in [0.25, 0.3) is 0 Å². The zero-order valence-corrected chi connectivity index (χ0v) is 23.5. The van der Waals surface area contributed by atoms with Crippen molar-refractivity contribution in [1.82, 2.24) is 20.9 Å². The number of hydrogen-bond donors (Lipinski definition) is 7. The van der Waals surface area contributed by atoms with Crippen LogP contribution in [-0.4, -0.2) is 69.0 Å². The quantitative estimate of drug-likeness (QED) is 0.140. The first-order chi connectivity index (χ1) is 19.9. The molecule has 0 fully saturated rings. The number of aliphatic carboxylic acids is 2. The average Bonchev–Trinajstić information content (AvgIpc) is 3.34. The molecule has 0 aliphatic heterocycles. The Morgan fingerprint density at radius 3 is 2.02 bits per heavy atom. The number of rotatable bonds is 15. The number of carbonyl (C=O) groups excluding carboxylic acids is 3. The van der Waals surface area contributed by atoms with Gasteiger partial charge in [-0.1, -0.05) is 62.4 Å². The molecule has 4 atom stereocenters. The molecule has 0 aliphatic carbocycles. The topological polar surface area (TPSA) is 204 Å². The SMILES string of the molecule is CC(C)CC(NC(=O)C(Cc1c[nH]c2ccccc12)NC(=O)C(N)Cc1ccccc1)C(=O)NC(CC(=O)O)C(=O)O. The number of para-hydroxylation sites is 1. The molecule has 224 valence electrons. The summed E-state index contributed by atoms with van der Waals surface area (Å²) in [5.41, 5.74) is 8.62. The highest BCUT2D eigenvalue weighted by molar-refractivity contribution is 5.95. The molecule has 12 nitrogen and oxygen atoms in total. The standard InChI is InChI=1S/C30H37N5O7/c1-17(2)12-23(28(39)35-25(30(41)42)15-26(36)37)34-29(40)24(14-19-16-32-22-11-7-6-10-20(19)22)33-27(38)21(31)13-18-8-4-3-5-9-18/h3-11,16-17,21,23-25,32H,12-15,31H2,1-2H3,(H,33,38)(H,34,40)(H,35,39)(H,36,37)(H,41,42). The summed E-state index contributed by atoms with van der Waals surface area (Å²) in [6.07, 6.45) is 1.36. The molecule has 0 saturated carbocycles. The predicted octanol–water partition coefficient (Wildman–Crippen LogP) is 1.34. The maximum absolute atomic E-state index is 13.6. The van der Waals surface area contributed by atoms with E-state index in [0.29, 0.717) is 0 Å². The normalized spacial score (nSPS) is 14.0. The molecule has 8 N–H and O–H groups in total. The van der Waals surface area contributed by atoms with Gasteiger partial charge in [-0.25, -0.2) is 4.79 Å². The molecule has 3 aromatic rings. The van der Waals surface area contributed by atoms with Crippen LogP contribution >= 0.6 is 0 Å². The van der Waals surface area contributed by atoms with Gasteiger partial charge in [0.2, 0.25) is 17.7 Å². The number of nitrogens with two attached hydrogens (primary N) is 1. The minimum atomic E-state index is -1.68. The van der Waals surface area contributed by atoms with E-state index in [9.17, 15) is 29.1 Å². The van der Waals surface area contributed by atoms with Crippen LogP contribution in [0.2, 0.25) is 0 Å². The van der Waals surface area contributed by atoms with Crippen molar-refractivity contribution < 1.29 is 34.2 Å². The highest BCUT2D eigenvalue weighted by Crippen LogP contribution is 2.19. The molecule has 0 radical (unpaired) electrons. The van der Waals surface area contributed by atoms with Crippen molar-refractivity contribution in [2.45, 2.75) is 63.7 Å². The molecule has 2 aromatic carbocycles. The van der Waals surface area contributed by atoms with Crippen LogP contribution in [0.1, 0.15) is 37.8 Å². The summed E-state index contributed by atoms with van der Waals surface area (Å²) >= 11 is 0. The van der Waals surface area contributed by atoms with Crippen molar-refractivity contribution in [2.24, 2.45) is 11.7 Å². The summed E-state index contributed by atoms with van der Waals surface area (Å²) in [6, 6.07) is 11.7. The minimum Gasteiger partial charge on any atom is -0.481 e. The van der Waals surface area contributed by atoms with Gasteiger partial charge in [-0.05, 0) is 36.0 Å². The second kappa shape index (κ2) is 14.8. The van der Waals surface area contributed by atoms with Crippen LogP contribution in [0.4, 0.5) is 0 Å². The van der Waals surface area contributed by atoms with Gasteiger partial charge in [0.15, 0.2) is 0 Å². The van der Waals surface area contributed by atoms with Crippen LogP contribution < -0.4 is 21.7 Å². The van der Waals surface area contributed by atoms with Gasteiger partial charge in [0.1, 0.15) is 18.1 Å². The van der Waals surface area contributed by atoms with E-state index < -0.39 is 60.2 Å². The number of carboxylic acid groups (broad SMARTS) is 2. The molecular formula is C30H37N5O7. The Labute approximate surface area is 243 Å². The monoisotopic (exact) mass is 579 g/mol. The van der Waals surface area contributed by atoms with Gasteiger partial charge in [0, 0.05) is 23.5 Å². The molecule has 12 heteroatoms. The number of carbonyl (C=O) groups is 5. The van der Waals surface area contributed by atoms with E-state index in [1.807, 2.05) is 68.4 Å². The maximum atomic E-state index is 13.6. The van der Waals surface area contributed by atoms with Crippen LogP contribution in [0, 0.1) is 5.92 Å². The van der Waals surface area contributed by atoms with Crippen LogP contribution in [0.15, 0.2) is 60.8 Å². The summed E-state index contributed by atoms with van der Waals surface area (Å²) in [6.45, 7) is 3.62. The van der Waals surface area contributed by atoms with Gasteiger partial charge in [-0.3, -0.25) is 19.2 Å². The van der Waals surface area contributed by atoms with E-state index in [1.54, 1.807) is 6.20 Å². The lowest BCUT2D eigenvalue weighted by atomic mass is 9.99. The van der Waals surface area contributed by atoms with Gasteiger partial charge >= 0.3 is 11.9 Å². The average molecular weight is 580 g/mol. The van der Waals surface area contributed by atoms with Crippen molar-refractivity contribution in [2.75, 3.05) is 0 Å². The molecule has 42 heavy (non-hydrogen) atoms. The van der Waals surface area contributed by atoms with Gasteiger partial charge in [-0.15, -0.1) is 0 Å². The fraction of sp³-hybridized carbons (Fsp3) is 0.367. The number of aromatic nitrogens is 1. The van der Waals surface area contributed by atoms with Crippen molar-refractivity contribution in [1.29, 1.82) is 0 Å². The Bertz CT molecular complexity index is 1410. The first-order valence-electron chi connectivity index (χ1n) is 13.6. The highest BCUT2D eigenvalue weighted by Gasteiger charge is 2.32. The van der Waals surface area contributed by atoms with Gasteiger partial charge in [0.05, 0.1) is 12.5 Å². The summed E-state index contributed by atoms with van der Waals surface area (Å²) in [7, 11) is 0. The molecule has 4 unspecified atom stereocenters. The Kier molecular flexibility index (Phi) is 11.2. The van der Waals surface area contributed by atoms with Crippen LogP contribution in [0.5, 0.6) is 0 Å². The molecule has 0 spiro atoms. The highest BCUT2D eigenvalue weighted by atomic mass is 16.4. The molecule has 3 rings (SSSR count). The van der Waals surface area contributed by atoms with E-state index in [-0.39, 0.29) is 25.2 Å². The minimum absolute atomic E-state index is 0.0758. The van der Waals surface area contributed by atoms with Crippen LogP contribution in [0.3, 0.4) is 0 Å². The number of hydrogen-bond acceptors (Lipinski definition) is 6. The van der Waals surface area contributed by atoms with E-state index in [4.69, 9.17) is 10.8 Å². The number of benzene rings is 2. The Balaban J connectivity index is 1.83. The molecule has 1 aromatic heterocycles. The lowest BCUT2D eigenvalue weighted by Crippen LogP contribution is -2.58. The lowest BCUT2D eigenvalue weighted by Gasteiger charge is -2.26. The van der Waals surface area contributed by atoms with Crippen molar-refractivity contribution in [3.05, 3.63) is 71.9 Å². The largest absolute Gasteiger partial charge is 0.481 e. The van der Waals surface area contributed by atoms with Crippen molar-refractivity contribution >= 4 is 40.6 Å². The molecule has 3 amide bonds. The lowest BCUT2D eigenvalue weighted by molar-refractivity contribution is -0.147. The summed E-state index contributed by atoms with van der Waals surface area (Å²) < 4.78 is 0. The zero-order chi connectivity index (χ0) is 30.8. The van der Waals surface area contributed by atoms with Gasteiger partial charge < -0.3 is 36.9 Å². The second-order valence-electron chi connectivity index (χ2n) is 10.6. The summed E-state index contributed by atoms with van der Waals surface area (Å²) in [4.78, 5) is 65.6. The van der Waals surface area contributed by atoms with Crippen molar-refractivity contribution in [3.63, 3.8) is 0 Å². The molecular weight excluding hydrogens is 542 g/mol. The Morgan fingerprint density at radius 2 is 1.38 bits per heavy atom. The van der Waals surface area contributed by atoms with Crippen molar-refractivity contribution in [3.8, 4) is 0 Å². The van der Waals surface area contributed by atoms with E-state index in [0.717, 1.165) is 22.0 Å². The predicted molar refractivity (Wildman–Crippen MR) is 155 cm³/mol. The maximum Gasteiger partial charge on any atom is 0.326 e. The third-order valence-electron chi connectivity index (χ3n) is 6.70. The second-order valence-corrected chi connectivity index (χ2v) is 10.6. The number of H-pyrrole nitrogens is 1. The van der Waals surface area contributed by atoms with Crippen LogP contribution in [0.25, 0.3) is 10.9 Å². The van der Waals surface area contributed by atoms with Gasteiger partial charge in [-0.2, -0.15) is 0 Å². The number of carboxylic acids is 2. The van der Waals surface area contributed by atoms with E-state index in [2.05, 4.69) is 20.9 Å². The van der Waals surface area contributed by atoms with Crippen LogP contribution in [-0.2, 0) is 36.8 Å². The van der Waals surface area contributed by atoms with E-state index in [1.165, 1.54) is 0 Å². The molecule has 0 saturated heterocycles. The summed E-state index contributed by atoms with van der Waals surface area (Å²) in [5, 5.41) is 26.8. The fourth-order valence-electron chi connectivity index (χ4n) is 4.59. The Morgan fingerprint density at radius 1 is 0.786 bits per heavy atom. The third kappa shape index (κ3) is 9.16. The first-order valence-corrected chi connectivity index (χ1v) is 13.6. The number of nitrogens with one attached hydrogen (secondary N) is 4. The Hall–Kier alpha value is -4.71. The number of aromatic amines is 1. The smallest absolute Gasteiger partial charge is 0.326 e. The summed E-state index contributed by atoms with van der Waals surface area (Å²) in [5.74, 6) is -5.09. The number of amides is 3. The van der Waals surface area contributed by atoms with E-state index >= 15 is 0 Å². The molecule has 1 heterocycles. The molecule has 0 aliphatic rings. The molecule has 0 bridgehead atoms. The third-order valence-corrected chi connectivity index (χ3v) is 6.70. The number of fused-ring (bicyclic) bond motifs is 1. The fourth-order valence-corrected chi connectivity index (χ4v) is 4.59. The first kappa shape index (κ1) is 31.8.